The number of hydrogen-bond donors (Lipinski definition) is 0. The number of ether oxygens (including phenoxy) is 1. The lowest BCUT2D eigenvalue weighted by Gasteiger charge is -2.30. The van der Waals surface area contributed by atoms with Crippen LogP contribution in [0.1, 0.15) is 35.8 Å². The highest BCUT2D eigenvalue weighted by atomic mass is 35.5. The van der Waals surface area contributed by atoms with E-state index in [-0.39, 0.29) is 5.38 Å². The van der Waals surface area contributed by atoms with Crippen molar-refractivity contribution in [3.8, 4) is 5.75 Å². The Morgan fingerprint density at radius 3 is 2.60 bits per heavy atom. The number of benzene rings is 1. The predicted octanol–water partition coefficient (Wildman–Crippen LogP) is 4.08. The normalized spacial score (nSPS) is 18.3. The molecule has 0 aromatic heterocycles. The van der Waals surface area contributed by atoms with Crippen molar-refractivity contribution in [1.82, 2.24) is 0 Å². The summed E-state index contributed by atoms with van der Waals surface area (Å²) in [5, 5.41) is 0.185. The summed E-state index contributed by atoms with van der Waals surface area (Å²) in [5.74, 6) is 1.59. The van der Waals surface area contributed by atoms with Crippen molar-refractivity contribution in [3.05, 3.63) is 29.3 Å². The highest BCUT2D eigenvalue weighted by molar-refractivity contribution is 6.21. The Morgan fingerprint density at radius 2 is 2.13 bits per heavy atom. The Bertz CT molecular complexity index is 344. The van der Waals surface area contributed by atoms with Gasteiger partial charge in [0.15, 0.2) is 0 Å². The second-order valence-corrected chi connectivity index (χ2v) is 4.79. The molecular formula is C13H17ClO. The van der Waals surface area contributed by atoms with Crippen LogP contribution in [0.2, 0.25) is 0 Å². The van der Waals surface area contributed by atoms with Crippen molar-refractivity contribution in [2.24, 2.45) is 5.92 Å². The molecule has 1 saturated carbocycles. The Hall–Kier alpha value is -0.690. The van der Waals surface area contributed by atoms with E-state index in [9.17, 15) is 0 Å². The van der Waals surface area contributed by atoms with Crippen molar-refractivity contribution in [2.75, 3.05) is 7.11 Å². The third-order valence-corrected chi connectivity index (χ3v) is 3.93. The van der Waals surface area contributed by atoms with Gasteiger partial charge in [0.1, 0.15) is 5.75 Å². The molecule has 1 aromatic carbocycles. The lowest BCUT2D eigenvalue weighted by molar-refractivity contribution is 0.305. The first kappa shape index (κ1) is 10.8. The van der Waals surface area contributed by atoms with Gasteiger partial charge in [-0.1, -0.05) is 12.5 Å². The van der Waals surface area contributed by atoms with E-state index in [2.05, 4.69) is 19.1 Å². The molecule has 82 valence electrons. The molecule has 1 unspecified atom stereocenters. The maximum Gasteiger partial charge on any atom is 0.119 e. The van der Waals surface area contributed by atoms with Crippen LogP contribution in [0.4, 0.5) is 0 Å². The van der Waals surface area contributed by atoms with Gasteiger partial charge >= 0.3 is 0 Å². The van der Waals surface area contributed by atoms with Crippen LogP contribution in [0, 0.1) is 12.8 Å². The summed E-state index contributed by atoms with van der Waals surface area (Å²) in [7, 11) is 1.69. The molecule has 0 heterocycles. The van der Waals surface area contributed by atoms with Gasteiger partial charge in [0.2, 0.25) is 0 Å². The Labute approximate surface area is 96.4 Å². The largest absolute Gasteiger partial charge is 0.497 e. The van der Waals surface area contributed by atoms with E-state index in [1.807, 2.05) is 6.07 Å². The molecule has 1 fully saturated rings. The zero-order chi connectivity index (χ0) is 10.8. The van der Waals surface area contributed by atoms with Crippen molar-refractivity contribution in [1.29, 1.82) is 0 Å². The van der Waals surface area contributed by atoms with Gasteiger partial charge in [-0.2, -0.15) is 0 Å². The van der Waals surface area contributed by atoms with Crippen LogP contribution in [0.3, 0.4) is 0 Å². The lowest BCUT2D eigenvalue weighted by atomic mass is 9.80. The first-order valence-electron chi connectivity index (χ1n) is 5.51. The second-order valence-electron chi connectivity index (χ2n) is 4.32. The van der Waals surface area contributed by atoms with Crippen molar-refractivity contribution in [3.63, 3.8) is 0 Å². The van der Waals surface area contributed by atoms with Gasteiger partial charge in [0.25, 0.3) is 0 Å². The van der Waals surface area contributed by atoms with Gasteiger partial charge in [0.05, 0.1) is 12.5 Å². The summed E-state index contributed by atoms with van der Waals surface area (Å²) in [5.41, 5.74) is 2.50. The first-order chi connectivity index (χ1) is 7.22. The Balaban J connectivity index is 2.19. The van der Waals surface area contributed by atoms with Gasteiger partial charge in [-0.25, -0.2) is 0 Å². The minimum atomic E-state index is 0.185. The van der Waals surface area contributed by atoms with Crippen LogP contribution in [0.5, 0.6) is 5.75 Å². The van der Waals surface area contributed by atoms with Gasteiger partial charge in [0, 0.05) is 0 Å². The maximum absolute atomic E-state index is 6.47. The Morgan fingerprint density at radius 1 is 1.40 bits per heavy atom. The molecule has 0 saturated heterocycles. The molecule has 0 aliphatic heterocycles. The standard InChI is InChI=1S/C13H17ClO/c1-9-8-11(15-2)6-7-12(9)13(14)10-4-3-5-10/h6-8,10,13H,3-5H2,1-2H3. The lowest BCUT2D eigenvalue weighted by Crippen LogP contribution is -2.17. The molecule has 0 spiro atoms. The van der Waals surface area contributed by atoms with Crippen molar-refractivity contribution < 1.29 is 4.74 Å². The molecule has 1 aliphatic rings. The predicted molar refractivity (Wildman–Crippen MR) is 63.7 cm³/mol. The summed E-state index contributed by atoms with van der Waals surface area (Å²) in [6.07, 6.45) is 3.89. The zero-order valence-electron chi connectivity index (χ0n) is 9.29. The first-order valence-corrected chi connectivity index (χ1v) is 5.94. The van der Waals surface area contributed by atoms with Crippen LogP contribution < -0.4 is 4.74 Å². The van der Waals surface area contributed by atoms with Crippen LogP contribution in [-0.4, -0.2) is 7.11 Å². The van der Waals surface area contributed by atoms with Crippen molar-refractivity contribution in [2.45, 2.75) is 31.6 Å². The number of methoxy groups -OCH3 is 1. The van der Waals surface area contributed by atoms with E-state index in [0.717, 1.165) is 5.75 Å². The molecule has 1 aromatic rings. The molecule has 0 amide bonds. The van der Waals surface area contributed by atoms with Crippen LogP contribution in [-0.2, 0) is 0 Å². The summed E-state index contributed by atoms with van der Waals surface area (Å²) >= 11 is 6.47. The van der Waals surface area contributed by atoms with Crippen molar-refractivity contribution >= 4 is 11.6 Å². The third-order valence-electron chi connectivity index (χ3n) is 3.34. The minimum absolute atomic E-state index is 0.185. The van der Waals surface area contributed by atoms with E-state index < -0.39 is 0 Å². The minimum Gasteiger partial charge on any atom is -0.497 e. The number of aryl methyl sites for hydroxylation is 1. The molecule has 2 rings (SSSR count). The van der Waals surface area contributed by atoms with Crippen LogP contribution >= 0.6 is 11.6 Å². The fraction of sp³-hybridized carbons (Fsp3) is 0.538. The van der Waals surface area contributed by atoms with E-state index >= 15 is 0 Å². The van der Waals surface area contributed by atoms with Crippen LogP contribution in [0.25, 0.3) is 0 Å². The monoisotopic (exact) mass is 224 g/mol. The van der Waals surface area contributed by atoms with E-state index in [1.165, 1.54) is 30.4 Å². The van der Waals surface area contributed by atoms with Gasteiger partial charge in [-0.3, -0.25) is 0 Å². The zero-order valence-corrected chi connectivity index (χ0v) is 10.1. The quantitative estimate of drug-likeness (QED) is 0.703. The molecule has 0 N–H and O–H groups in total. The molecule has 0 radical (unpaired) electrons. The summed E-state index contributed by atoms with van der Waals surface area (Å²) in [4.78, 5) is 0. The topological polar surface area (TPSA) is 9.23 Å². The van der Waals surface area contributed by atoms with E-state index in [1.54, 1.807) is 7.11 Å². The average molecular weight is 225 g/mol. The fourth-order valence-corrected chi connectivity index (χ4v) is 2.57. The molecule has 1 atom stereocenters. The second kappa shape index (κ2) is 4.44. The van der Waals surface area contributed by atoms with Gasteiger partial charge in [-0.15, -0.1) is 11.6 Å². The summed E-state index contributed by atoms with van der Waals surface area (Å²) < 4.78 is 5.19. The van der Waals surface area contributed by atoms with Gasteiger partial charge in [-0.05, 0) is 48.9 Å². The molecule has 1 aliphatic carbocycles. The summed E-state index contributed by atoms with van der Waals surface area (Å²) in [6.45, 7) is 2.10. The highest BCUT2D eigenvalue weighted by Gasteiger charge is 2.27. The number of hydrogen-bond acceptors (Lipinski definition) is 1. The fourth-order valence-electron chi connectivity index (χ4n) is 2.07. The van der Waals surface area contributed by atoms with E-state index in [4.69, 9.17) is 16.3 Å². The highest BCUT2D eigenvalue weighted by Crippen LogP contribution is 2.43. The molecular weight excluding hydrogens is 208 g/mol. The molecule has 1 nitrogen and oxygen atoms in total. The maximum atomic E-state index is 6.47. The molecule has 15 heavy (non-hydrogen) atoms. The summed E-state index contributed by atoms with van der Waals surface area (Å²) in [6, 6.07) is 6.16. The smallest absolute Gasteiger partial charge is 0.119 e. The number of halogens is 1. The Kier molecular flexibility index (Phi) is 3.20. The molecule has 2 heteroatoms. The number of alkyl halides is 1. The average Bonchev–Trinajstić information content (AvgIpc) is 2.14. The molecule has 0 bridgehead atoms. The van der Waals surface area contributed by atoms with E-state index in [0.29, 0.717) is 5.92 Å². The SMILES string of the molecule is COc1ccc(C(Cl)C2CCC2)c(C)c1. The third kappa shape index (κ3) is 2.12. The number of rotatable bonds is 3. The van der Waals surface area contributed by atoms with Gasteiger partial charge < -0.3 is 4.74 Å². The van der Waals surface area contributed by atoms with Crippen LogP contribution in [0.15, 0.2) is 18.2 Å².